The van der Waals surface area contributed by atoms with E-state index in [1.807, 2.05) is 6.08 Å². The van der Waals surface area contributed by atoms with Gasteiger partial charge < -0.3 is 14.8 Å². The van der Waals surface area contributed by atoms with E-state index in [0.717, 1.165) is 25.1 Å². The lowest BCUT2D eigenvalue weighted by atomic mass is 10.1. The maximum absolute atomic E-state index is 12.3. The summed E-state index contributed by atoms with van der Waals surface area (Å²) >= 11 is 0. The number of benzene rings is 1. The summed E-state index contributed by atoms with van der Waals surface area (Å²) in [5, 5.41) is 3.19. The predicted molar refractivity (Wildman–Crippen MR) is 78.2 cm³/mol. The first kappa shape index (κ1) is 14.4. The second kappa shape index (κ2) is 6.05. The highest BCUT2D eigenvalue weighted by Crippen LogP contribution is 2.32. The van der Waals surface area contributed by atoms with Crippen LogP contribution >= 0.6 is 0 Å². The number of nitrogens with one attached hydrogen (secondary N) is 2. The fourth-order valence-electron chi connectivity index (χ4n) is 2.29. The zero-order valence-electron chi connectivity index (χ0n) is 11.6. The van der Waals surface area contributed by atoms with Gasteiger partial charge in [0.2, 0.25) is 10.0 Å². The smallest absolute Gasteiger partial charge is 0.240 e. The van der Waals surface area contributed by atoms with Crippen LogP contribution in [-0.2, 0) is 10.0 Å². The van der Waals surface area contributed by atoms with E-state index in [1.54, 1.807) is 6.07 Å². The first-order chi connectivity index (χ1) is 10.1. The number of fused-ring (bicyclic) bond motifs is 1. The molecule has 0 fully saturated rings. The number of hydrogen-bond acceptors (Lipinski definition) is 5. The number of rotatable bonds is 4. The van der Waals surface area contributed by atoms with Crippen molar-refractivity contribution in [3.05, 3.63) is 29.8 Å². The maximum Gasteiger partial charge on any atom is 0.240 e. The first-order valence-corrected chi connectivity index (χ1v) is 8.41. The second-order valence-electron chi connectivity index (χ2n) is 4.95. The molecule has 6 nitrogen and oxygen atoms in total. The van der Waals surface area contributed by atoms with E-state index < -0.39 is 10.0 Å². The van der Waals surface area contributed by atoms with Gasteiger partial charge in [-0.15, -0.1) is 0 Å². The van der Waals surface area contributed by atoms with Crippen LogP contribution in [0.5, 0.6) is 11.5 Å². The van der Waals surface area contributed by atoms with Gasteiger partial charge in [-0.2, -0.15) is 0 Å². The van der Waals surface area contributed by atoms with Gasteiger partial charge in [0.05, 0.1) is 4.90 Å². The summed E-state index contributed by atoms with van der Waals surface area (Å²) in [4.78, 5) is 0.196. The molecule has 0 saturated carbocycles. The normalized spacial score (nSPS) is 18.2. The fraction of sp³-hybridized carbons (Fsp3) is 0.429. The van der Waals surface area contributed by atoms with Gasteiger partial charge in [0, 0.05) is 19.2 Å². The Balaban J connectivity index is 1.73. The van der Waals surface area contributed by atoms with Crippen LogP contribution in [0.3, 0.4) is 0 Å². The lowest BCUT2D eigenvalue weighted by Gasteiger charge is -2.19. The lowest BCUT2D eigenvalue weighted by Crippen LogP contribution is -2.29. The average molecular weight is 310 g/mol. The minimum Gasteiger partial charge on any atom is -0.486 e. The van der Waals surface area contributed by atoms with E-state index in [0.29, 0.717) is 31.3 Å². The molecule has 0 atom stereocenters. The molecule has 0 aliphatic carbocycles. The minimum atomic E-state index is -3.54. The molecular formula is C14H18N2O4S. The molecule has 0 amide bonds. The molecule has 0 unspecified atom stereocenters. The van der Waals surface area contributed by atoms with Gasteiger partial charge in [-0.05, 0) is 25.1 Å². The molecule has 0 bridgehead atoms. The van der Waals surface area contributed by atoms with Crippen molar-refractivity contribution in [2.45, 2.75) is 11.3 Å². The Bertz CT molecular complexity index is 655. The van der Waals surface area contributed by atoms with E-state index >= 15 is 0 Å². The summed E-state index contributed by atoms with van der Waals surface area (Å²) in [5.41, 5.74) is 1.11. The average Bonchev–Trinajstić information content (AvgIpc) is 2.53. The monoisotopic (exact) mass is 310 g/mol. The van der Waals surface area contributed by atoms with Crippen molar-refractivity contribution in [2.75, 3.05) is 32.8 Å². The highest BCUT2D eigenvalue weighted by atomic mass is 32.2. The van der Waals surface area contributed by atoms with E-state index in [2.05, 4.69) is 10.0 Å². The summed E-state index contributed by atoms with van der Waals surface area (Å²) in [6.45, 7) is 2.94. The van der Waals surface area contributed by atoms with E-state index in [4.69, 9.17) is 9.47 Å². The van der Waals surface area contributed by atoms with Gasteiger partial charge in [-0.3, -0.25) is 0 Å². The zero-order chi connectivity index (χ0) is 14.7. The molecule has 21 heavy (non-hydrogen) atoms. The Morgan fingerprint density at radius 1 is 1.19 bits per heavy atom. The van der Waals surface area contributed by atoms with Gasteiger partial charge in [-0.25, -0.2) is 13.1 Å². The second-order valence-corrected chi connectivity index (χ2v) is 6.71. The molecule has 2 aliphatic heterocycles. The number of hydrogen-bond donors (Lipinski definition) is 2. The quantitative estimate of drug-likeness (QED) is 0.799. The van der Waals surface area contributed by atoms with Crippen LogP contribution in [0.2, 0.25) is 0 Å². The van der Waals surface area contributed by atoms with Crippen LogP contribution in [0.4, 0.5) is 0 Å². The van der Waals surface area contributed by atoms with Crippen molar-refractivity contribution < 1.29 is 17.9 Å². The van der Waals surface area contributed by atoms with Crippen LogP contribution in [0.1, 0.15) is 6.42 Å². The van der Waals surface area contributed by atoms with Crippen LogP contribution < -0.4 is 19.5 Å². The topological polar surface area (TPSA) is 76.7 Å². The van der Waals surface area contributed by atoms with Crippen molar-refractivity contribution in [3.8, 4) is 11.5 Å². The van der Waals surface area contributed by atoms with Crippen LogP contribution in [0.15, 0.2) is 34.7 Å². The molecule has 2 heterocycles. The highest BCUT2D eigenvalue weighted by Gasteiger charge is 2.19. The molecule has 3 rings (SSSR count). The van der Waals surface area contributed by atoms with Gasteiger partial charge in [0.1, 0.15) is 13.2 Å². The number of sulfonamides is 1. The van der Waals surface area contributed by atoms with Gasteiger partial charge >= 0.3 is 0 Å². The molecule has 0 radical (unpaired) electrons. The summed E-state index contributed by atoms with van der Waals surface area (Å²) < 4.78 is 38.1. The third-order valence-electron chi connectivity index (χ3n) is 3.47. The summed E-state index contributed by atoms with van der Waals surface area (Å²) in [6.07, 6.45) is 2.89. The largest absolute Gasteiger partial charge is 0.486 e. The Morgan fingerprint density at radius 2 is 2.00 bits per heavy atom. The maximum atomic E-state index is 12.3. The van der Waals surface area contributed by atoms with Crippen molar-refractivity contribution in [3.63, 3.8) is 0 Å². The SMILES string of the molecule is O=S(=O)(NCC1=CCNCC1)c1ccc2c(c1)OCCO2. The van der Waals surface area contributed by atoms with Crippen molar-refractivity contribution in [1.29, 1.82) is 0 Å². The van der Waals surface area contributed by atoms with Crippen molar-refractivity contribution in [1.82, 2.24) is 10.0 Å². The third kappa shape index (κ3) is 3.37. The standard InChI is InChI=1S/C14H18N2O4S/c17-21(18,16-10-11-3-5-15-6-4-11)12-1-2-13-14(9-12)20-8-7-19-13/h1-3,9,15-16H,4-8,10H2. The summed E-state index contributed by atoms with van der Waals surface area (Å²) in [5.74, 6) is 1.06. The van der Waals surface area contributed by atoms with Crippen LogP contribution in [0, 0.1) is 0 Å². The van der Waals surface area contributed by atoms with Crippen LogP contribution in [-0.4, -0.2) is 41.3 Å². The summed E-state index contributed by atoms with van der Waals surface area (Å²) in [7, 11) is -3.54. The first-order valence-electron chi connectivity index (χ1n) is 6.93. The highest BCUT2D eigenvalue weighted by molar-refractivity contribution is 7.89. The summed E-state index contributed by atoms with van der Waals surface area (Å²) in [6, 6.07) is 4.67. The van der Waals surface area contributed by atoms with E-state index in [-0.39, 0.29) is 4.90 Å². The molecule has 0 spiro atoms. The molecule has 2 N–H and O–H groups in total. The van der Waals surface area contributed by atoms with E-state index in [9.17, 15) is 8.42 Å². The lowest BCUT2D eigenvalue weighted by molar-refractivity contribution is 0.171. The van der Waals surface area contributed by atoms with Crippen molar-refractivity contribution in [2.24, 2.45) is 0 Å². The van der Waals surface area contributed by atoms with Gasteiger partial charge in [-0.1, -0.05) is 11.6 Å². The molecule has 0 saturated heterocycles. The molecule has 0 aromatic heterocycles. The fourth-order valence-corrected chi connectivity index (χ4v) is 3.34. The Kier molecular flexibility index (Phi) is 4.14. The zero-order valence-corrected chi connectivity index (χ0v) is 12.4. The molecule has 7 heteroatoms. The molecule has 1 aromatic carbocycles. The van der Waals surface area contributed by atoms with Crippen LogP contribution in [0.25, 0.3) is 0 Å². The third-order valence-corrected chi connectivity index (χ3v) is 4.87. The van der Waals surface area contributed by atoms with Gasteiger partial charge in [0.25, 0.3) is 0 Å². The Morgan fingerprint density at radius 3 is 2.76 bits per heavy atom. The van der Waals surface area contributed by atoms with E-state index in [1.165, 1.54) is 12.1 Å². The van der Waals surface area contributed by atoms with Gasteiger partial charge in [0.15, 0.2) is 11.5 Å². The molecular weight excluding hydrogens is 292 g/mol. The molecule has 2 aliphatic rings. The predicted octanol–water partition coefficient (Wildman–Crippen LogP) is 0.656. The molecule has 1 aromatic rings. The number of ether oxygens (including phenoxy) is 2. The minimum absolute atomic E-state index is 0.196. The Labute approximate surface area is 124 Å². The molecule has 114 valence electrons. The Hall–Kier alpha value is -1.57. The van der Waals surface area contributed by atoms with Crippen molar-refractivity contribution >= 4 is 10.0 Å².